The number of hydrogen-bond donors (Lipinski definition) is 2. The molecule has 0 heterocycles. The summed E-state index contributed by atoms with van der Waals surface area (Å²) in [4.78, 5) is 12.0. The Morgan fingerprint density at radius 2 is 2.00 bits per heavy atom. The van der Waals surface area contributed by atoms with Crippen molar-refractivity contribution in [3.05, 3.63) is 70.5 Å². The standard InChI is InChI=1S/C18H17BrFNO4/c19-14-10-16(17(11-15(14)20)24-9-5-4-8-22)21-18(23)25-12-13-6-2-1-3-7-13/h1-7,10-11,22H,8-9,12H2,(H,21,23)/b5-4-. The van der Waals surface area contributed by atoms with E-state index in [9.17, 15) is 9.18 Å². The number of halogens is 2. The van der Waals surface area contributed by atoms with Gasteiger partial charge in [-0.05, 0) is 33.6 Å². The summed E-state index contributed by atoms with van der Waals surface area (Å²) >= 11 is 3.07. The van der Waals surface area contributed by atoms with Gasteiger partial charge in [0.25, 0.3) is 0 Å². The molecule has 0 atom stereocenters. The molecule has 1 amide bonds. The molecule has 0 radical (unpaired) electrons. The van der Waals surface area contributed by atoms with Crippen LogP contribution in [0.5, 0.6) is 5.75 Å². The fourth-order valence-electron chi connectivity index (χ4n) is 1.90. The third kappa shape index (κ3) is 6.21. The highest BCUT2D eigenvalue weighted by atomic mass is 79.9. The Labute approximate surface area is 153 Å². The molecule has 0 aliphatic rings. The summed E-state index contributed by atoms with van der Waals surface area (Å²) in [5.74, 6) is -0.371. The molecule has 0 saturated heterocycles. The first-order valence-corrected chi connectivity index (χ1v) is 8.25. The molecular weight excluding hydrogens is 393 g/mol. The first kappa shape index (κ1) is 19.0. The lowest BCUT2D eigenvalue weighted by molar-refractivity contribution is 0.155. The molecule has 0 fully saturated rings. The van der Waals surface area contributed by atoms with E-state index in [1.807, 2.05) is 30.3 Å². The van der Waals surface area contributed by atoms with E-state index in [0.29, 0.717) is 0 Å². The topological polar surface area (TPSA) is 67.8 Å². The molecular formula is C18H17BrFNO4. The second-order valence-electron chi connectivity index (χ2n) is 4.91. The maximum atomic E-state index is 13.7. The highest BCUT2D eigenvalue weighted by molar-refractivity contribution is 9.10. The average molecular weight is 410 g/mol. The summed E-state index contributed by atoms with van der Waals surface area (Å²) < 4.78 is 24.4. The van der Waals surface area contributed by atoms with Crippen molar-refractivity contribution in [3.8, 4) is 5.75 Å². The minimum absolute atomic E-state index is 0.116. The monoisotopic (exact) mass is 409 g/mol. The van der Waals surface area contributed by atoms with E-state index in [4.69, 9.17) is 14.6 Å². The van der Waals surface area contributed by atoms with E-state index in [-0.39, 0.29) is 35.7 Å². The molecule has 2 aromatic rings. The number of aliphatic hydroxyl groups excluding tert-OH is 1. The predicted molar refractivity (Wildman–Crippen MR) is 96.1 cm³/mol. The zero-order chi connectivity index (χ0) is 18.1. The fraction of sp³-hybridized carbons (Fsp3) is 0.167. The van der Waals surface area contributed by atoms with E-state index in [2.05, 4.69) is 21.2 Å². The van der Waals surface area contributed by atoms with Crippen LogP contribution in [-0.2, 0) is 11.3 Å². The Morgan fingerprint density at radius 1 is 1.24 bits per heavy atom. The minimum atomic E-state index is -0.682. The van der Waals surface area contributed by atoms with Crippen molar-refractivity contribution in [1.29, 1.82) is 0 Å². The lowest BCUT2D eigenvalue weighted by Crippen LogP contribution is -2.14. The smallest absolute Gasteiger partial charge is 0.412 e. The van der Waals surface area contributed by atoms with Crippen LogP contribution in [0.25, 0.3) is 0 Å². The van der Waals surface area contributed by atoms with Gasteiger partial charge >= 0.3 is 6.09 Å². The second-order valence-corrected chi connectivity index (χ2v) is 5.77. The van der Waals surface area contributed by atoms with Gasteiger partial charge in [-0.15, -0.1) is 0 Å². The van der Waals surface area contributed by atoms with Crippen molar-refractivity contribution in [2.24, 2.45) is 0 Å². The maximum Gasteiger partial charge on any atom is 0.412 e. The number of amides is 1. The first-order chi connectivity index (χ1) is 12.1. The number of hydrogen-bond acceptors (Lipinski definition) is 4. The number of nitrogens with one attached hydrogen (secondary N) is 1. The van der Waals surface area contributed by atoms with Gasteiger partial charge in [0.2, 0.25) is 0 Å². The van der Waals surface area contributed by atoms with Gasteiger partial charge in [0, 0.05) is 6.07 Å². The fourth-order valence-corrected chi connectivity index (χ4v) is 2.24. The Hall–Kier alpha value is -2.38. The van der Waals surface area contributed by atoms with Gasteiger partial charge in [-0.3, -0.25) is 5.32 Å². The van der Waals surface area contributed by atoms with Crippen molar-refractivity contribution >= 4 is 27.7 Å². The average Bonchev–Trinajstić information content (AvgIpc) is 2.61. The van der Waals surface area contributed by atoms with Gasteiger partial charge in [-0.2, -0.15) is 0 Å². The van der Waals surface area contributed by atoms with Gasteiger partial charge in [0.05, 0.1) is 16.8 Å². The van der Waals surface area contributed by atoms with Crippen molar-refractivity contribution in [3.63, 3.8) is 0 Å². The van der Waals surface area contributed by atoms with Gasteiger partial charge in [0.15, 0.2) is 0 Å². The summed E-state index contributed by atoms with van der Waals surface area (Å²) in [5, 5.41) is 11.2. The van der Waals surface area contributed by atoms with Crippen LogP contribution >= 0.6 is 15.9 Å². The number of anilines is 1. The molecule has 0 aliphatic heterocycles. The Balaban J connectivity index is 2.02. The number of rotatable bonds is 7. The lowest BCUT2D eigenvalue weighted by atomic mass is 10.2. The van der Waals surface area contributed by atoms with Crippen LogP contribution in [0.15, 0.2) is 59.1 Å². The van der Waals surface area contributed by atoms with Crippen molar-refractivity contribution in [1.82, 2.24) is 0 Å². The molecule has 0 saturated carbocycles. The molecule has 7 heteroatoms. The minimum Gasteiger partial charge on any atom is -0.487 e. The largest absolute Gasteiger partial charge is 0.487 e. The summed E-state index contributed by atoms with van der Waals surface area (Å²) in [7, 11) is 0. The van der Waals surface area contributed by atoms with E-state index in [1.54, 1.807) is 6.08 Å². The molecule has 2 rings (SSSR count). The molecule has 2 aromatic carbocycles. The van der Waals surface area contributed by atoms with Gasteiger partial charge < -0.3 is 14.6 Å². The molecule has 0 unspecified atom stereocenters. The summed E-state index contributed by atoms with van der Waals surface area (Å²) in [5.41, 5.74) is 1.12. The molecule has 25 heavy (non-hydrogen) atoms. The van der Waals surface area contributed by atoms with Crippen LogP contribution < -0.4 is 10.1 Å². The molecule has 2 N–H and O–H groups in total. The lowest BCUT2D eigenvalue weighted by Gasteiger charge is -2.13. The van der Waals surface area contributed by atoms with Crippen molar-refractivity contribution < 1.29 is 23.8 Å². The predicted octanol–water partition coefficient (Wildman–Crippen LogP) is 4.26. The second kappa shape index (κ2) is 9.80. The zero-order valence-electron chi connectivity index (χ0n) is 13.2. The SMILES string of the molecule is O=C(Nc1cc(Br)c(F)cc1OC/C=C\CO)OCc1ccccc1. The van der Waals surface area contributed by atoms with Crippen LogP contribution in [0.2, 0.25) is 0 Å². The van der Waals surface area contributed by atoms with Crippen LogP contribution in [0.3, 0.4) is 0 Å². The molecule has 0 aromatic heterocycles. The van der Waals surface area contributed by atoms with Crippen LogP contribution in [0.1, 0.15) is 5.56 Å². The third-order valence-corrected chi connectivity index (χ3v) is 3.69. The van der Waals surface area contributed by atoms with Crippen LogP contribution in [-0.4, -0.2) is 24.4 Å². The highest BCUT2D eigenvalue weighted by Gasteiger charge is 2.13. The zero-order valence-corrected chi connectivity index (χ0v) is 14.8. The van der Waals surface area contributed by atoms with Gasteiger partial charge in [-0.1, -0.05) is 36.4 Å². The quantitative estimate of drug-likeness (QED) is 0.670. The van der Waals surface area contributed by atoms with E-state index >= 15 is 0 Å². The van der Waals surface area contributed by atoms with Gasteiger partial charge in [0.1, 0.15) is 24.8 Å². The molecule has 0 bridgehead atoms. The van der Waals surface area contributed by atoms with Crippen LogP contribution in [0, 0.1) is 5.82 Å². The number of carbonyl (C=O) groups is 1. The Kier molecular flexibility index (Phi) is 7.43. The number of carbonyl (C=O) groups excluding carboxylic acids is 1. The van der Waals surface area contributed by atoms with E-state index in [0.717, 1.165) is 11.6 Å². The normalized spacial score (nSPS) is 10.7. The number of benzene rings is 2. The summed E-state index contributed by atoms with van der Waals surface area (Å²) in [6.45, 7) is 0.120. The van der Waals surface area contributed by atoms with Gasteiger partial charge in [-0.25, -0.2) is 9.18 Å². The van der Waals surface area contributed by atoms with E-state index in [1.165, 1.54) is 12.1 Å². The van der Waals surface area contributed by atoms with Crippen LogP contribution in [0.4, 0.5) is 14.9 Å². The molecule has 132 valence electrons. The highest BCUT2D eigenvalue weighted by Crippen LogP contribution is 2.31. The molecule has 0 aliphatic carbocycles. The molecule has 5 nitrogen and oxygen atoms in total. The number of ether oxygens (including phenoxy) is 2. The third-order valence-electron chi connectivity index (χ3n) is 3.08. The first-order valence-electron chi connectivity index (χ1n) is 7.45. The van der Waals surface area contributed by atoms with E-state index < -0.39 is 11.9 Å². The Bertz CT molecular complexity index is 737. The number of aliphatic hydroxyl groups is 1. The maximum absolute atomic E-state index is 13.7. The van der Waals surface area contributed by atoms with Crippen molar-refractivity contribution in [2.75, 3.05) is 18.5 Å². The Morgan fingerprint density at radius 3 is 2.72 bits per heavy atom. The summed E-state index contributed by atoms with van der Waals surface area (Å²) in [6.07, 6.45) is 2.39. The molecule has 0 spiro atoms. The summed E-state index contributed by atoms with van der Waals surface area (Å²) in [6, 6.07) is 11.8. The van der Waals surface area contributed by atoms with Crippen molar-refractivity contribution in [2.45, 2.75) is 6.61 Å².